The summed E-state index contributed by atoms with van der Waals surface area (Å²) in [6, 6.07) is 16.3. The van der Waals surface area contributed by atoms with Crippen LogP contribution in [0, 0.1) is 0 Å². The normalized spacial score (nSPS) is 10.8. The molecule has 0 aliphatic carbocycles. The number of nitrogens with zero attached hydrogens (tertiary/aromatic N) is 1. The number of ether oxygens (including phenoxy) is 2. The van der Waals surface area contributed by atoms with E-state index in [9.17, 15) is 4.79 Å². The Kier molecular flexibility index (Phi) is 5.93. The van der Waals surface area contributed by atoms with Gasteiger partial charge in [0.1, 0.15) is 23.0 Å². The maximum absolute atomic E-state index is 12.3. The second-order valence-electron chi connectivity index (χ2n) is 5.51. The highest BCUT2D eigenvalue weighted by atomic mass is 79.9. The molecule has 0 atom stereocenters. The first-order valence-corrected chi connectivity index (χ1v) is 8.80. The first kappa shape index (κ1) is 18.7. The molecule has 0 radical (unpaired) electrons. The van der Waals surface area contributed by atoms with E-state index < -0.39 is 0 Å². The smallest absolute Gasteiger partial charge is 0.271 e. The Bertz CT molecular complexity index is 959. The maximum atomic E-state index is 12.3. The van der Waals surface area contributed by atoms with E-state index in [4.69, 9.17) is 13.9 Å². The first-order valence-electron chi connectivity index (χ1n) is 8.01. The Labute approximate surface area is 164 Å². The average Bonchev–Trinajstić information content (AvgIpc) is 3.16. The fourth-order valence-electron chi connectivity index (χ4n) is 2.38. The zero-order chi connectivity index (χ0) is 19.2. The summed E-state index contributed by atoms with van der Waals surface area (Å²) in [7, 11) is 3.04. The topological polar surface area (TPSA) is 73.1 Å². The minimum Gasteiger partial charge on any atom is -0.497 e. The molecule has 0 bridgehead atoms. The highest BCUT2D eigenvalue weighted by molar-refractivity contribution is 9.10. The Morgan fingerprint density at radius 2 is 1.81 bits per heavy atom. The summed E-state index contributed by atoms with van der Waals surface area (Å²) in [6.07, 6.45) is 1.44. The van der Waals surface area contributed by atoms with Crippen LogP contribution in [0.15, 0.2) is 68.6 Å². The molecule has 0 aliphatic rings. The number of benzene rings is 2. The Morgan fingerprint density at radius 3 is 2.48 bits per heavy atom. The third-order valence-corrected chi connectivity index (χ3v) is 4.20. The zero-order valence-corrected chi connectivity index (χ0v) is 16.3. The van der Waals surface area contributed by atoms with E-state index in [1.807, 2.05) is 30.3 Å². The van der Waals surface area contributed by atoms with Crippen LogP contribution in [-0.4, -0.2) is 26.3 Å². The van der Waals surface area contributed by atoms with E-state index in [-0.39, 0.29) is 5.91 Å². The van der Waals surface area contributed by atoms with Crippen molar-refractivity contribution in [1.82, 2.24) is 5.43 Å². The van der Waals surface area contributed by atoms with Crippen LogP contribution in [0.4, 0.5) is 0 Å². The largest absolute Gasteiger partial charge is 0.497 e. The van der Waals surface area contributed by atoms with Crippen LogP contribution in [0.5, 0.6) is 11.5 Å². The molecular formula is C20H17BrN2O4. The number of carbonyl (C=O) groups is 1. The number of hydrazone groups is 1. The van der Waals surface area contributed by atoms with Gasteiger partial charge in [-0.15, -0.1) is 0 Å². The molecular weight excluding hydrogens is 412 g/mol. The monoisotopic (exact) mass is 428 g/mol. The van der Waals surface area contributed by atoms with Crippen molar-refractivity contribution in [3.05, 3.63) is 70.4 Å². The zero-order valence-electron chi connectivity index (χ0n) is 14.7. The number of nitrogens with one attached hydrogen (secondary N) is 1. The van der Waals surface area contributed by atoms with Gasteiger partial charge >= 0.3 is 0 Å². The van der Waals surface area contributed by atoms with Gasteiger partial charge in [-0.3, -0.25) is 4.79 Å². The van der Waals surface area contributed by atoms with Gasteiger partial charge in [-0.2, -0.15) is 5.10 Å². The van der Waals surface area contributed by atoms with Crippen molar-refractivity contribution in [2.75, 3.05) is 14.2 Å². The molecule has 0 saturated heterocycles. The van der Waals surface area contributed by atoms with Crippen LogP contribution in [-0.2, 0) is 0 Å². The molecule has 0 unspecified atom stereocenters. The minimum atomic E-state index is -0.387. The predicted molar refractivity (Wildman–Crippen MR) is 106 cm³/mol. The number of amides is 1. The molecule has 1 aromatic heterocycles. The second-order valence-corrected chi connectivity index (χ2v) is 6.43. The van der Waals surface area contributed by atoms with Crippen LogP contribution >= 0.6 is 15.9 Å². The Balaban J connectivity index is 1.68. The first-order chi connectivity index (χ1) is 13.1. The lowest BCUT2D eigenvalue weighted by molar-refractivity contribution is 0.0954. The van der Waals surface area contributed by atoms with Gasteiger partial charge in [0.05, 0.1) is 20.4 Å². The molecule has 3 rings (SSSR count). The summed E-state index contributed by atoms with van der Waals surface area (Å²) in [5, 5.41) is 3.94. The molecule has 1 heterocycles. The molecule has 2 aromatic carbocycles. The van der Waals surface area contributed by atoms with Crippen molar-refractivity contribution in [2.24, 2.45) is 5.10 Å². The number of hydrogen-bond donors (Lipinski definition) is 1. The van der Waals surface area contributed by atoms with E-state index >= 15 is 0 Å². The molecule has 0 spiro atoms. The van der Waals surface area contributed by atoms with Gasteiger partial charge in [0, 0.05) is 21.7 Å². The highest BCUT2D eigenvalue weighted by Gasteiger charge is 2.09. The lowest BCUT2D eigenvalue weighted by Gasteiger charge is -2.07. The number of methoxy groups -OCH3 is 2. The average molecular weight is 429 g/mol. The molecule has 6 nitrogen and oxygen atoms in total. The second kappa shape index (κ2) is 8.55. The number of furan rings is 1. The lowest BCUT2D eigenvalue weighted by Crippen LogP contribution is -2.17. The molecule has 7 heteroatoms. The molecule has 0 fully saturated rings. The minimum absolute atomic E-state index is 0.373. The van der Waals surface area contributed by atoms with Gasteiger partial charge in [0.25, 0.3) is 5.91 Å². The van der Waals surface area contributed by atoms with Crippen LogP contribution in [0.1, 0.15) is 16.1 Å². The fourth-order valence-corrected chi connectivity index (χ4v) is 2.78. The Hall–Kier alpha value is -3.06. The summed E-state index contributed by atoms with van der Waals surface area (Å²) in [5.74, 6) is 1.89. The molecule has 138 valence electrons. The number of hydrogen-bond acceptors (Lipinski definition) is 5. The van der Waals surface area contributed by atoms with E-state index in [1.165, 1.54) is 20.4 Å². The van der Waals surface area contributed by atoms with Crippen molar-refractivity contribution in [2.45, 2.75) is 0 Å². The van der Waals surface area contributed by atoms with E-state index in [1.54, 1.807) is 24.3 Å². The maximum Gasteiger partial charge on any atom is 0.271 e. The van der Waals surface area contributed by atoms with Crippen molar-refractivity contribution in [3.63, 3.8) is 0 Å². The van der Waals surface area contributed by atoms with Crippen LogP contribution in [0.2, 0.25) is 0 Å². The van der Waals surface area contributed by atoms with Crippen LogP contribution in [0.3, 0.4) is 0 Å². The summed E-state index contributed by atoms with van der Waals surface area (Å²) in [4.78, 5) is 12.3. The molecule has 27 heavy (non-hydrogen) atoms. The van der Waals surface area contributed by atoms with Gasteiger partial charge in [-0.05, 0) is 36.4 Å². The van der Waals surface area contributed by atoms with Gasteiger partial charge in [-0.25, -0.2) is 5.43 Å². The standard InChI is InChI=1S/C20H17BrN2O4/c1-25-17-9-14(10-18(11-17)26-2)20(24)23-22-12-16-6-7-19(27-16)13-4-3-5-15(21)8-13/h3-12H,1-2H3,(H,23,24). The van der Waals surface area contributed by atoms with Crippen molar-refractivity contribution >= 4 is 28.1 Å². The van der Waals surface area contributed by atoms with Gasteiger partial charge in [-0.1, -0.05) is 28.1 Å². The van der Waals surface area contributed by atoms with Gasteiger partial charge in [0.15, 0.2) is 0 Å². The third kappa shape index (κ3) is 4.77. The quantitative estimate of drug-likeness (QED) is 0.463. The summed E-state index contributed by atoms with van der Waals surface area (Å²) in [5.41, 5.74) is 3.77. The number of halogens is 1. The summed E-state index contributed by atoms with van der Waals surface area (Å²) < 4.78 is 17.0. The van der Waals surface area contributed by atoms with Crippen LogP contribution < -0.4 is 14.9 Å². The summed E-state index contributed by atoms with van der Waals surface area (Å²) >= 11 is 3.43. The SMILES string of the molecule is COc1cc(OC)cc(C(=O)NN=Cc2ccc(-c3cccc(Br)c3)o2)c1. The van der Waals surface area contributed by atoms with Crippen molar-refractivity contribution in [3.8, 4) is 22.8 Å². The highest BCUT2D eigenvalue weighted by Crippen LogP contribution is 2.25. The molecule has 0 aliphatic heterocycles. The summed E-state index contributed by atoms with van der Waals surface area (Å²) in [6.45, 7) is 0. The number of rotatable bonds is 6. The van der Waals surface area contributed by atoms with Crippen molar-refractivity contribution in [1.29, 1.82) is 0 Å². The third-order valence-electron chi connectivity index (χ3n) is 3.71. The van der Waals surface area contributed by atoms with Gasteiger partial charge in [0.2, 0.25) is 0 Å². The van der Waals surface area contributed by atoms with E-state index in [0.717, 1.165) is 10.0 Å². The van der Waals surface area contributed by atoms with E-state index in [0.29, 0.717) is 28.6 Å². The number of carbonyl (C=O) groups excluding carboxylic acids is 1. The predicted octanol–water partition coefficient (Wildman–Crippen LogP) is 4.49. The van der Waals surface area contributed by atoms with E-state index in [2.05, 4.69) is 26.5 Å². The fraction of sp³-hybridized carbons (Fsp3) is 0.100. The molecule has 1 amide bonds. The lowest BCUT2D eigenvalue weighted by atomic mass is 10.2. The molecule has 0 saturated carbocycles. The molecule has 1 N–H and O–H groups in total. The Morgan fingerprint density at radius 1 is 1.07 bits per heavy atom. The molecule has 3 aromatic rings. The van der Waals surface area contributed by atoms with Gasteiger partial charge < -0.3 is 13.9 Å². The van der Waals surface area contributed by atoms with Crippen LogP contribution in [0.25, 0.3) is 11.3 Å². The van der Waals surface area contributed by atoms with Crippen molar-refractivity contribution < 1.29 is 18.7 Å².